The van der Waals surface area contributed by atoms with Crippen molar-refractivity contribution >= 4 is 46.9 Å². The van der Waals surface area contributed by atoms with Crippen molar-refractivity contribution < 1.29 is 4.79 Å². The van der Waals surface area contributed by atoms with Crippen LogP contribution in [0.2, 0.25) is 15.1 Å². The summed E-state index contributed by atoms with van der Waals surface area (Å²) in [4.78, 5) is 12.1. The van der Waals surface area contributed by atoms with E-state index in [2.05, 4.69) is 15.6 Å². The lowest BCUT2D eigenvalue weighted by molar-refractivity contribution is 0.0949. The molecule has 0 bridgehead atoms. The Morgan fingerprint density at radius 1 is 1.08 bits per heavy atom. The monoisotopic (exact) mass is 406 g/mol. The summed E-state index contributed by atoms with van der Waals surface area (Å²) in [6.07, 6.45) is 3.21. The Labute approximate surface area is 165 Å². The lowest BCUT2D eigenvalue weighted by Gasteiger charge is -2.02. The number of hydrazone groups is 1. The molecule has 3 rings (SSSR count). The number of nitrogens with zero attached hydrogens (tertiary/aromatic N) is 3. The Morgan fingerprint density at radius 3 is 2.58 bits per heavy atom. The summed E-state index contributed by atoms with van der Waals surface area (Å²) in [6, 6.07) is 14.1. The molecule has 5 nitrogen and oxygen atoms in total. The Bertz CT molecular complexity index is 951. The molecule has 0 aliphatic rings. The minimum atomic E-state index is -0.406. The largest absolute Gasteiger partial charge is 0.291 e. The van der Waals surface area contributed by atoms with E-state index in [0.717, 1.165) is 5.56 Å². The standard InChI is InChI=1S/C18H13Cl3N4O/c19-14-4-1-12(2-5-14)11-25-8-7-17(24-25)18(26)23-22-10-13-3-6-15(20)16(21)9-13/h1-10H,11H2,(H,23,26). The van der Waals surface area contributed by atoms with E-state index in [0.29, 0.717) is 27.2 Å². The van der Waals surface area contributed by atoms with Crippen molar-refractivity contribution in [2.24, 2.45) is 5.10 Å². The van der Waals surface area contributed by atoms with E-state index in [1.807, 2.05) is 24.3 Å². The van der Waals surface area contributed by atoms with Crippen LogP contribution in [0.25, 0.3) is 0 Å². The second-order valence-corrected chi connectivity index (χ2v) is 6.65. The molecule has 1 aromatic heterocycles. The quantitative estimate of drug-likeness (QED) is 0.494. The molecule has 1 heterocycles. The van der Waals surface area contributed by atoms with Gasteiger partial charge in [-0.05, 0) is 41.5 Å². The van der Waals surface area contributed by atoms with Crippen LogP contribution in [0, 0.1) is 0 Å². The van der Waals surface area contributed by atoms with Crippen LogP contribution >= 0.6 is 34.8 Å². The predicted octanol–water partition coefficient (Wildman–Crippen LogP) is 4.66. The van der Waals surface area contributed by atoms with Crippen molar-refractivity contribution in [1.82, 2.24) is 15.2 Å². The second-order valence-electron chi connectivity index (χ2n) is 5.40. The van der Waals surface area contributed by atoms with Crippen LogP contribution in [0.3, 0.4) is 0 Å². The van der Waals surface area contributed by atoms with E-state index < -0.39 is 5.91 Å². The van der Waals surface area contributed by atoms with Gasteiger partial charge in [0.25, 0.3) is 5.91 Å². The minimum Gasteiger partial charge on any atom is -0.268 e. The van der Waals surface area contributed by atoms with E-state index in [1.54, 1.807) is 35.1 Å². The van der Waals surface area contributed by atoms with E-state index in [1.165, 1.54) is 6.21 Å². The molecule has 1 N–H and O–H groups in total. The molecule has 0 atom stereocenters. The maximum Gasteiger partial charge on any atom is 0.291 e. The number of aromatic nitrogens is 2. The molecule has 26 heavy (non-hydrogen) atoms. The van der Waals surface area contributed by atoms with Gasteiger partial charge in [0.05, 0.1) is 22.8 Å². The number of hydrogen-bond acceptors (Lipinski definition) is 3. The summed E-state index contributed by atoms with van der Waals surface area (Å²) < 4.78 is 1.67. The number of halogens is 3. The third kappa shape index (κ3) is 4.85. The van der Waals surface area contributed by atoms with E-state index >= 15 is 0 Å². The number of carbonyl (C=O) groups is 1. The van der Waals surface area contributed by atoms with E-state index in [-0.39, 0.29) is 5.69 Å². The highest BCUT2D eigenvalue weighted by Crippen LogP contribution is 2.21. The van der Waals surface area contributed by atoms with Crippen LogP contribution in [0.15, 0.2) is 59.8 Å². The van der Waals surface area contributed by atoms with Gasteiger partial charge in [-0.3, -0.25) is 9.48 Å². The van der Waals surface area contributed by atoms with Gasteiger partial charge in [0.2, 0.25) is 0 Å². The van der Waals surface area contributed by atoms with Crippen LogP contribution < -0.4 is 5.43 Å². The van der Waals surface area contributed by atoms with Crippen molar-refractivity contribution in [3.8, 4) is 0 Å². The summed E-state index contributed by atoms with van der Waals surface area (Å²) in [5, 5.41) is 9.69. The second kappa shape index (κ2) is 8.36. The Hall–Kier alpha value is -2.34. The van der Waals surface area contributed by atoms with Crippen molar-refractivity contribution in [1.29, 1.82) is 0 Å². The molecule has 8 heteroatoms. The summed E-state index contributed by atoms with van der Waals surface area (Å²) in [5.41, 5.74) is 4.44. The molecule has 0 aliphatic heterocycles. The summed E-state index contributed by atoms with van der Waals surface area (Å²) in [6.45, 7) is 0.539. The molecule has 1 amide bonds. The van der Waals surface area contributed by atoms with Gasteiger partial charge in [0.15, 0.2) is 5.69 Å². The molecule has 0 unspecified atom stereocenters. The van der Waals surface area contributed by atoms with Gasteiger partial charge in [-0.2, -0.15) is 10.2 Å². The molecule has 0 saturated heterocycles. The Kier molecular flexibility index (Phi) is 5.93. The third-order valence-corrected chi connectivity index (χ3v) is 4.45. The van der Waals surface area contributed by atoms with Crippen LogP contribution in [0.4, 0.5) is 0 Å². The highest BCUT2D eigenvalue weighted by Gasteiger charge is 2.08. The van der Waals surface area contributed by atoms with Gasteiger partial charge in [0.1, 0.15) is 0 Å². The smallest absolute Gasteiger partial charge is 0.268 e. The maximum absolute atomic E-state index is 12.1. The highest BCUT2D eigenvalue weighted by atomic mass is 35.5. The predicted molar refractivity (Wildman–Crippen MR) is 104 cm³/mol. The zero-order chi connectivity index (χ0) is 18.5. The van der Waals surface area contributed by atoms with Gasteiger partial charge in [0, 0.05) is 11.2 Å². The number of carbonyl (C=O) groups excluding carboxylic acids is 1. The fourth-order valence-electron chi connectivity index (χ4n) is 2.16. The van der Waals surface area contributed by atoms with Crippen LogP contribution in [-0.2, 0) is 6.54 Å². The molecular formula is C18H13Cl3N4O. The molecule has 0 aliphatic carbocycles. The highest BCUT2D eigenvalue weighted by molar-refractivity contribution is 6.42. The van der Waals surface area contributed by atoms with Crippen LogP contribution in [0.1, 0.15) is 21.6 Å². The molecule has 0 fully saturated rings. The average Bonchev–Trinajstić information content (AvgIpc) is 3.09. The zero-order valence-corrected chi connectivity index (χ0v) is 15.6. The van der Waals surface area contributed by atoms with Gasteiger partial charge in [-0.15, -0.1) is 0 Å². The maximum atomic E-state index is 12.1. The fourth-order valence-corrected chi connectivity index (χ4v) is 2.60. The van der Waals surface area contributed by atoms with Gasteiger partial charge in [-0.1, -0.05) is 53.0 Å². The first kappa shape index (κ1) is 18.5. The topological polar surface area (TPSA) is 59.3 Å². The van der Waals surface area contributed by atoms with Gasteiger partial charge >= 0.3 is 0 Å². The van der Waals surface area contributed by atoms with Crippen molar-refractivity contribution in [2.45, 2.75) is 6.54 Å². The summed E-state index contributed by atoms with van der Waals surface area (Å²) in [7, 11) is 0. The number of benzene rings is 2. The van der Waals surface area contributed by atoms with E-state index in [4.69, 9.17) is 34.8 Å². The third-order valence-electron chi connectivity index (χ3n) is 3.45. The number of amides is 1. The molecule has 0 spiro atoms. The molecule has 0 radical (unpaired) electrons. The first-order valence-electron chi connectivity index (χ1n) is 7.57. The normalized spacial score (nSPS) is 11.0. The number of rotatable bonds is 5. The van der Waals surface area contributed by atoms with Crippen molar-refractivity contribution in [3.63, 3.8) is 0 Å². The molecule has 0 saturated carbocycles. The van der Waals surface area contributed by atoms with Crippen LogP contribution in [-0.4, -0.2) is 21.9 Å². The molecular weight excluding hydrogens is 395 g/mol. The number of nitrogens with one attached hydrogen (secondary N) is 1. The summed E-state index contributed by atoms with van der Waals surface area (Å²) in [5.74, 6) is -0.406. The van der Waals surface area contributed by atoms with Gasteiger partial charge < -0.3 is 0 Å². The Balaban J connectivity index is 1.59. The van der Waals surface area contributed by atoms with Gasteiger partial charge in [-0.25, -0.2) is 5.43 Å². The lowest BCUT2D eigenvalue weighted by Crippen LogP contribution is -2.18. The minimum absolute atomic E-state index is 0.269. The van der Waals surface area contributed by atoms with Crippen molar-refractivity contribution in [3.05, 3.63) is 86.6 Å². The molecule has 132 valence electrons. The first-order valence-corrected chi connectivity index (χ1v) is 8.71. The zero-order valence-electron chi connectivity index (χ0n) is 13.4. The average molecular weight is 408 g/mol. The van der Waals surface area contributed by atoms with E-state index in [9.17, 15) is 4.79 Å². The summed E-state index contributed by atoms with van der Waals surface area (Å²) >= 11 is 17.6. The molecule has 2 aromatic carbocycles. The first-order chi connectivity index (χ1) is 12.5. The SMILES string of the molecule is O=C(NN=Cc1ccc(Cl)c(Cl)c1)c1ccn(Cc2ccc(Cl)cc2)n1. The Morgan fingerprint density at radius 2 is 1.85 bits per heavy atom. The number of hydrogen-bond donors (Lipinski definition) is 1. The lowest BCUT2D eigenvalue weighted by atomic mass is 10.2. The van der Waals surface area contributed by atoms with Crippen molar-refractivity contribution in [2.75, 3.05) is 0 Å². The fraction of sp³-hybridized carbons (Fsp3) is 0.0556. The molecule has 3 aromatic rings. The van der Waals surface area contributed by atoms with Crippen LogP contribution in [0.5, 0.6) is 0 Å².